The molecule has 0 radical (unpaired) electrons. The number of carbonyl (C=O) groups is 1. The molecule has 0 aromatic carbocycles. The summed E-state index contributed by atoms with van der Waals surface area (Å²) in [6.45, 7) is 0.122. The molecule has 0 spiro atoms. The number of carbonyl (C=O) groups excluding carboxylic acids is 1. The van der Waals surface area contributed by atoms with Crippen LogP contribution in [0.5, 0.6) is 0 Å². The van der Waals surface area contributed by atoms with Crippen molar-refractivity contribution in [1.29, 1.82) is 0 Å². The summed E-state index contributed by atoms with van der Waals surface area (Å²) in [4.78, 5) is 28.2. The third-order valence-electron chi connectivity index (χ3n) is 1.45. The number of methoxy groups -OCH3 is 1. The maximum absolute atomic E-state index is 11.1. The van der Waals surface area contributed by atoms with Crippen LogP contribution < -0.4 is 11.3 Å². The summed E-state index contributed by atoms with van der Waals surface area (Å²) in [5.74, 6) is -0.380. The molecule has 0 aliphatic rings. The lowest BCUT2D eigenvalue weighted by Crippen LogP contribution is -2.22. The molecule has 1 rings (SSSR count). The van der Waals surface area contributed by atoms with E-state index in [2.05, 4.69) is 14.7 Å². The highest BCUT2D eigenvalue weighted by Crippen LogP contribution is 1.91. The minimum Gasteiger partial charge on any atom is -0.465 e. The second kappa shape index (κ2) is 3.81. The van der Waals surface area contributed by atoms with Crippen LogP contribution in [-0.2, 0) is 11.3 Å². The number of aromatic nitrogens is 2. The molecule has 1 heterocycles. The van der Waals surface area contributed by atoms with Crippen LogP contribution in [-0.4, -0.2) is 23.0 Å². The van der Waals surface area contributed by atoms with Gasteiger partial charge in [-0.25, -0.2) is 9.78 Å². The molecule has 0 unspecified atom stereocenters. The van der Waals surface area contributed by atoms with Crippen molar-refractivity contribution < 1.29 is 9.53 Å². The molecular weight excluding hydrogens is 174 g/mol. The standard InChI is InChI=1S/C7H9N3O3/c1-13-7(12)4-3-9-5(2-8)10-6(4)11/h3H,2,8H2,1H3,(H,9,10,11). The second-order valence-electron chi connectivity index (χ2n) is 2.27. The number of esters is 1. The minimum absolute atomic E-state index is 0.122. The summed E-state index contributed by atoms with van der Waals surface area (Å²) in [5, 5.41) is 0. The van der Waals surface area contributed by atoms with Gasteiger partial charge in [-0.3, -0.25) is 4.79 Å². The molecule has 13 heavy (non-hydrogen) atoms. The summed E-state index contributed by atoms with van der Waals surface area (Å²) >= 11 is 0. The first-order chi connectivity index (χ1) is 6.19. The van der Waals surface area contributed by atoms with Crippen LogP contribution in [0, 0.1) is 0 Å². The quantitative estimate of drug-likeness (QED) is 0.574. The number of nitrogens with zero attached hydrogens (tertiary/aromatic N) is 1. The Kier molecular flexibility index (Phi) is 2.76. The van der Waals surface area contributed by atoms with Crippen LogP contribution in [0.1, 0.15) is 16.2 Å². The van der Waals surface area contributed by atoms with E-state index in [-0.39, 0.29) is 12.1 Å². The van der Waals surface area contributed by atoms with Crippen molar-refractivity contribution in [2.45, 2.75) is 6.54 Å². The fourth-order valence-corrected chi connectivity index (χ4v) is 0.791. The van der Waals surface area contributed by atoms with Crippen molar-refractivity contribution in [2.75, 3.05) is 7.11 Å². The zero-order valence-corrected chi connectivity index (χ0v) is 7.03. The Morgan fingerprint density at radius 3 is 2.92 bits per heavy atom. The number of ether oxygens (including phenoxy) is 1. The van der Waals surface area contributed by atoms with Crippen molar-refractivity contribution in [3.63, 3.8) is 0 Å². The van der Waals surface area contributed by atoms with Gasteiger partial charge in [-0.1, -0.05) is 0 Å². The molecule has 0 fully saturated rings. The van der Waals surface area contributed by atoms with E-state index >= 15 is 0 Å². The number of hydrogen-bond donors (Lipinski definition) is 2. The molecule has 0 aliphatic heterocycles. The van der Waals surface area contributed by atoms with E-state index in [1.807, 2.05) is 0 Å². The second-order valence-corrected chi connectivity index (χ2v) is 2.27. The first-order valence-corrected chi connectivity index (χ1v) is 3.55. The summed E-state index contributed by atoms with van der Waals surface area (Å²) in [7, 11) is 1.19. The topological polar surface area (TPSA) is 98.1 Å². The number of hydrogen-bond acceptors (Lipinski definition) is 5. The Morgan fingerprint density at radius 1 is 1.77 bits per heavy atom. The van der Waals surface area contributed by atoms with Crippen LogP contribution in [0.2, 0.25) is 0 Å². The number of nitrogens with one attached hydrogen (secondary N) is 1. The van der Waals surface area contributed by atoms with E-state index in [9.17, 15) is 9.59 Å². The number of H-pyrrole nitrogens is 1. The molecule has 6 heteroatoms. The Hall–Kier alpha value is -1.69. The average molecular weight is 183 g/mol. The highest BCUT2D eigenvalue weighted by atomic mass is 16.5. The van der Waals surface area contributed by atoms with Crippen LogP contribution in [0.3, 0.4) is 0 Å². The lowest BCUT2D eigenvalue weighted by atomic mass is 10.3. The van der Waals surface area contributed by atoms with Gasteiger partial charge in [0.2, 0.25) is 0 Å². The smallest absolute Gasteiger partial charge is 0.345 e. The summed E-state index contributed by atoms with van der Waals surface area (Å²) in [6.07, 6.45) is 1.15. The van der Waals surface area contributed by atoms with Gasteiger partial charge in [-0.05, 0) is 0 Å². The van der Waals surface area contributed by atoms with Crippen molar-refractivity contribution in [3.05, 3.63) is 27.9 Å². The fraction of sp³-hybridized carbons (Fsp3) is 0.286. The van der Waals surface area contributed by atoms with Gasteiger partial charge in [0.25, 0.3) is 5.56 Å². The molecule has 0 saturated heterocycles. The molecule has 0 saturated carbocycles. The van der Waals surface area contributed by atoms with Gasteiger partial charge in [-0.15, -0.1) is 0 Å². The first-order valence-electron chi connectivity index (χ1n) is 3.55. The van der Waals surface area contributed by atoms with Crippen LogP contribution in [0.25, 0.3) is 0 Å². The Morgan fingerprint density at radius 2 is 2.46 bits per heavy atom. The third-order valence-corrected chi connectivity index (χ3v) is 1.45. The monoisotopic (exact) mass is 183 g/mol. The lowest BCUT2D eigenvalue weighted by Gasteiger charge is -1.98. The molecule has 0 amide bonds. The van der Waals surface area contributed by atoms with Crippen LogP contribution in [0.4, 0.5) is 0 Å². The Balaban J connectivity index is 3.13. The summed E-state index contributed by atoms with van der Waals surface area (Å²) in [6, 6.07) is 0. The van der Waals surface area contributed by atoms with Crippen molar-refractivity contribution >= 4 is 5.97 Å². The van der Waals surface area contributed by atoms with Gasteiger partial charge in [0, 0.05) is 6.20 Å². The predicted octanol–water partition coefficient (Wildman–Crippen LogP) is -0.985. The molecule has 70 valence electrons. The lowest BCUT2D eigenvalue weighted by molar-refractivity contribution is 0.0598. The SMILES string of the molecule is COC(=O)c1cnc(CN)[nH]c1=O. The van der Waals surface area contributed by atoms with E-state index in [0.717, 1.165) is 6.20 Å². The van der Waals surface area contributed by atoms with Gasteiger partial charge < -0.3 is 15.5 Å². The highest BCUT2D eigenvalue weighted by Gasteiger charge is 2.10. The molecule has 3 N–H and O–H groups in total. The highest BCUT2D eigenvalue weighted by molar-refractivity contribution is 5.88. The molecule has 1 aromatic rings. The normalized spacial score (nSPS) is 9.69. The van der Waals surface area contributed by atoms with E-state index in [1.54, 1.807) is 0 Å². The van der Waals surface area contributed by atoms with Crippen molar-refractivity contribution in [1.82, 2.24) is 9.97 Å². The molecule has 0 aliphatic carbocycles. The van der Waals surface area contributed by atoms with Gasteiger partial charge >= 0.3 is 5.97 Å². The van der Waals surface area contributed by atoms with E-state index in [4.69, 9.17) is 5.73 Å². The predicted molar refractivity (Wildman–Crippen MR) is 44.1 cm³/mol. The maximum Gasteiger partial charge on any atom is 0.345 e. The van der Waals surface area contributed by atoms with E-state index < -0.39 is 11.5 Å². The van der Waals surface area contributed by atoms with Gasteiger partial charge in [0.15, 0.2) is 0 Å². The summed E-state index contributed by atoms with van der Waals surface area (Å²) in [5.41, 5.74) is 4.56. The average Bonchev–Trinajstić information content (AvgIpc) is 2.16. The van der Waals surface area contributed by atoms with E-state index in [0.29, 0.717) is 5.82 Å². The van der Waals surface area contributed by atoms with Gasteiger partial charge in [0.05, 0.1) is 13.7 Å². The number of aromatic amines is 1. The Labute approximate surface area is 73.7 Å². The number of rotatable bonds is 2. The zero-order valence-electron chi connectivity index (χ0n) is 7.03. The molecule has 0 atom stereocenters. The van der Waals surface area contributed by atoms with Gasteiger partial charge in [-0.2, -0.15) is 0 Å². The summed E-state index contributed by atoms with van der Waals surface area (Å²) < 4.78 is 4.36. The molecular formula is C7H9N3O3. The van der Waals surface area contributed by atoms with E-state index in [1.165, 1.54) is 7.11 Å². The molecule has 6 nitrogen and oxygen atoms in total. The first kappa shape index (κ1) is 9.40. The maximum atomic E-state index is 11.1. The van der Waals surface area contributed by atoms with Crippen molar-refractivity contribution in [2.24, 2.45) is 5.73 Å². The van der Waals surface area contributed by atoms with Crippen LogP contribution >= 0.6 is 0 Å². The third kappa shape index (κ3) is 1.91. The van der Waals surface area contributed by atoms with Crippen molar-refractivity contribution in [3.8, 4) is 0 Å². The molecule has 1 aromatic heterocycles. The van der Waals surface area contributed by atoms with Crippen LogP contribution in [0.15, 0.2) is 11.0 Å². The van der Waals surface area contributed by atoms with Gasteiger partial charge in [0.1, 0.15) is 11.4 Å². The number of nitrogens with two attached hydrogens (primary N) is 1. The Bertz CT molecular complexity index is 371. The molecule has 0 bridgehead atoms. The zero-order chi connectivity index (χ0) is 9.84. The largest absolute Gasteiger partial charge is 0.465 e. The fourth-order valence-electron chi connectivity index (χ4n) is 0.791. The minimum atomic E-state index is -0.711.